The number of nitrogens with zero attached hydrogens (tertiary/aromatic N) is 2. The lowest BCUT2D eigenvalue weighted by atomic mass is 9.75. The van der Waals surface area contributed by atoms with Gasteiger partial charge in [-0.05, 0) is 33.4 Å². The van der Waals surface area contributed by atoms with E-state index in [4.69, 9.17) is 4.98 Å². The van der Waals surface area contributed by atoms with Crippen molar-refractivity contribution >= 4 is 11.3 Å². The highest BCUT2D eigenvalue weighted by Crippen LogP contribution is 2.35. The average Bonchev–Trinajstić information content (AvgIpc) is 2.69. The van der Waals surface area contributed by atoms with E-state index in [0.717, 1.165) is 13.1 Å². The number of aromatic nitrogens is 1. The molecule has 0 aliphatic heterocycles. The highest BCUT2D eigenvalue weighted by molar-refractivity contribution is 7.09. The third kappa shape index (κ3) is 3.36. The van der Waals surface area contributed by atoms with Crippen molar-refractivity contribution in [2.24, 2.45) is 0 Å². The first-order chi connectivity index (χ1) is 8.83. The van der Waals surface area contributed by atoms with Gasteiger partial charge < -0.3 is 10.2 Å². The van der Waals surface area contributed by atoms with Gasteiger partial charge in [0.1, 0.15) is 5.01 Å². The Bertz CT molecular complexity index is 413. The largest absolute Gasteiger partial charge is 0.309 e. The van der Waals surface area contributed by atoms with E-state index in [1.165, 1.54) is 30.0 Å². The molecule has 19 heavy (non-hydrogen) atoms. The molecule has 1 aliphatic carbocycles. The first-order valence-corrected chi connectivity index (χ1v) is 8.04. The maximum atomic E-state index is 4.73. The van der Waals surface area contributed by atoms with Crippen molar-refractivity contribution in [1.29, 1.82) is 0 Å². The molecule has 1 aromatic rings. The molecular formula is C15H27N3S. The Hall–Kier alpha value is -0.450. The summed E-state index contributed by atoms with van der Waals surface area (Å²) in [5.41, 5.74) is 1.76. The predicted octanol–water partition coefficient (Wildman–Crippen LogP) is 3.01. The number of hydrogen-bond donors (Lipinski definition) is 1. The molecule has 0 bridgehead atoms. The topological polar surface area (TPSA) is 28.2 Å². The second-order valence-electron chi connectivity index (χ2n) is 6.95. The molecule has 1 saturated carbocycles. The van der Waals surface area contributed by atoms with Crippen LogP contribution in [0.1, 0.15) is 50.7 Å². The van der Waals surface area contributed by atoms with Crippen LogP contribution in [0.3, 0.4) is 0 Å². The van der Waals surface area contributed by atoms with Gasteiger partial charge in [0, 0.05) is 29.4 Å². The molecule has 0 radical (unpaired) electrons. The van der Waals surface area contributed by atoms with Crippen LogP contribution >= 0.6 is 11.3 Å². The number of rotatable bonds is 5. The van der Waals surface area contributed by atoms with Gasteiger partial charge >= 0.3 is 0 Å². The van der Waals surface area contributed by atoms with Gasteiger partial charge in [-0.2, -0.15) is 0 Å². The molecule has 108 valence electrons. The zero-order chi connectivity index (χ0) is 14.1. The second-order valence-corrected chi connectivity index (χ2v) is 7.90. The summed E-state index contributed by atoms with van der Waals surface area (Å²) in [4.78, 5) is 7.11. The molecule has 1 aromatic heterocycles. The van der Waals surface area contributed by atoms with Gasteiger partial charge in [-0.3, -0.25) is 0 Å². The van der Waals surface area contributed by atoms with Gasteiger partial charge in [-0.25, -0.2) is 4.98 Å². The molecular weight excluding hydrogens is 254 g/mol. The van der Waals surface area contributed by atoms with Crippen LogP contribution in [0.25, 0.3) is 0 Å². The molecule has 4 heteroatoms. The van der Waals surface area contributed by atoms with Crippen molar-refractivity contribution in [2.45, 2.75) is 57.5 Å². The minimum atomic E-state index is 0.160. The Morgan fingerprint density at radius 1 is 1.37 bits per heavy atom. The third-order valence-corrected chi connectivity index (χ3v) is 5.13. The lowest BCUT2D eigenvalue weighted by Crippen LogP contribution is -2.56. The maximum absolute atomic E-state index is 4.73. The molecule has 0 unspecified atom stereocenters. The van der Waals surface area contributed by atoms with Crippen molar-refractivity contribution in [3.63, 3.8) is 0 Å². The van der Waals surface area contributed by atoms with Gasteiger partial charge in [-0.1, -0.05) is 20.8 Å². The van der Waals surface area contributed by atoms with Gasteiger partial charge in [0.15, 0.2) is 0 Å². The molecule has 0 spiro atoms. The average molecular weight is 281 g/mol. The zero-order valence-electron chi connectivity index (χ0n) is 12.9. The van der Waals surface area contributed by atoms with E-state index in [1.54, 1.807) is 11.3 Å². The van der Waals surface area contributed by atoms with Crippen LogP contribution in [0.2, 0.25) is 0 Å². The molecule has 1 heterocycles. The van der Waals surface area contributed by atoms with E-state index < -0.39 is 0 Å². The lowest BCUT2D eigenvalue weighted by molar-refractivity contribution is 0.0598. The summed E-state index contributed by atoms with van der Waals surface area (Å²) in [7, 11) is 4.39. The van der Waals surface area contributed by atoms with Gasteiger partial charge in [-0.15, -0.1) is 11.3 Å². The Morgan fingerprint density at radius 2 is 2.05 bits per heavy atom. The summed E-state index contributed by atoms with van der Waals surface area (Å²) in [6, 6.07) is 0. The number of thiazole rings is 1. The van der Waals surface area contributed by atoms with Crippen LogP contribution in [0.5, 0.6) is 0 Å². The van der Waals surface area contributed by atoms with Gasteiger partial charge in [0.2, 0.25) is 0 Å². The van der Waals surface area contributed by atoms with E-state index in [-0.39, 0.29) is 5.41 Å². The van der Waals surface area contributed by atoms with E-state index >= 15 is 0 Å². The van der Waals surface area contributed by atoms with E-state index in [1.807, 2.05) is 0 Å². The van der Waals surface area contributed by atoms with Gasteiger partial charge in [0.25, 0.3) is 0 Å². The fourth-order valence-electron chi connectivity index (χ4n) is 2.51. The van der Waals surface area contributed by atoms with E-state index in [0.29, 0.717) is 5.54 Å². The Balaban J connectivity index is 1.84. The van der Waals surface area contributed by atoms with E-state index in [2.05, 4.69) is 50.5 Å². The van der Waals surface area contributed by atoms with Crippen molar-refractivity contribution < 1.29 is 0 Å². The maximum Gasteiger partial charge on any atom is 0.107 e. The van der Waals surface area contributed by atoms with E-state index in [9.17, 15) is 0 Å². The SMILES string of the molecule is CN(C)C1(CNCc2nc(C(C)(C)C)cs2)CCC1. The standard InChI is InChI=1S/C15H27N3S/c1-14(2,3)12-10-19-13(17-12)9-16-11-15(18(4)5)7-6-8-15/h10,16H,6-9,11H2,1-5H3. The minimum absolute atomic E-state index is 0.160. The van der Waals surface area contributed by atoms with Crippen LogP contribution in [-0.2, 0) is 12.0 Å². The molecule has 2 rings (SSSR count). The first kappa shape index (κ1) is 14.9. The Morgan fingerprint density at radius 3 is 2.47 bits per heavy atom. The predicted molar refractivity (Wildman–Crippen MR) is 82.8 cm³/mol. The zero-order valence-corrected chi connectivity index (χ0v) is 13.7. The monoisotopic (exact) mass is 281 g/mol. The summed E-state index contributed by atoms with van der Waals surface area (Å²) in [6.45, 7) is 8.62. The molecule has 0 aromatic carbocycles. The quantitative estimate of drug-likeness (QED) is 0.899. The molecule has 0 amide bonds. The van der Waals surface area contributed by atoms with Crippen LogP contribution in [0, 0.1) is 0 Å². The van der Waals surface area contributed by atoms with Crippen LogP contribution in [0.15, 0.2) is 5.38 Å². The van der Waals surface area contributed by atoms with Crippen molar-refractivity contribution in [2.75, 3.05) is 20.6 Å². The smallest absolute Gasteiger partial charge is 0.107 e. The Labute approximate surface area is 121 Å². The first-order valence-electron chi connectivity index (χ1n) is 7.17. The normalized spacial score (nSPS) is 18.6. The number of nitrogens with one attached hydrogen (secondary N) is 1. The highest BCUT2D eigenvalue weighted by Gasteiger charge is 2.38. The summed E-state index contributed by atoms with van der Waals surface area (Å²) < 4.78 is 0. The summed E-state index contributed by atoms with van der Waals surface area (Å²) >= 11 is 1.77. The summed E-state index contributed by atoms with van der Waals surface area (Å²) in [5.74, 6) is 0. The van der Waals surface area contributed by atoms with Gasteiger partial charge in [0.05, 0.1) is 5.69 Å². The number of hydrogen-bond acceptors (Lipinski definition) is 4. The Kier molecular flexibility index (Phi) is 4.33. The third-order valence-electron chi connectivity index (χ3n) is 4.28. The van der Waals surface area contributed by atoms with Crippen molar-refractivity contribution in [3.05, 3.63) is 16.1 Å². The summed E-state index contributed by atoms with van der Waals surface area (Å²) in [6.07, 6.45) is 4.00. The molecule has 0 saturated heterocycles. The summed E-state index contributed by atoms with van der Waals surface area (Å²) in [5, 5.41) is 7.00. The van der Waals surface area contributed by atoms with Crippen molar-refractivity contribution in [1.82, 2.24) is 15.2 Å². The molecule has 1 N–H and O–H groups in total. The fraction of sp³-hybridized carbons (Fsp3) is 0.800. The van der Waals surface area contributed by atoms with Crippen LogP contribution < -0.4 is 5.32 Å². The van der Waals surface area contributed by atoms with Crippen LogP contribution in [0.4, 0.5) is 0 Å². The number of likely N-dealkylation sites (N-methyl/N-ethyl adjacent to an activating group) is 1. The van der Waals surface area contributed by atoms with Crippen molar-refractivity contribution in [3.8, 4) is 0 Å². The minimum Gasteiger partial charge on any atom is -0.309 e. The highest BCUT2D eigenvalue weighted by atomic mass is 32.1. The fourth-order valence-corrected chi connectivity index (χ4v) is 3.50. The molecule has 0 atom stereocenters. The lowest BCUT2D eigenvalue weighted by Gasteiger charge is -2.47. The molecule has 1 aliphatic rings. The molecule has 3 nitrogen and oxygen atoms in total. The second kappa shape index (κ2) is 5.51. The van der Waals surface area contributed by atoms with Crippen LogP contribution in [-0.4, -0.2) is 36.1 Å². The molecule has 1 fully saturated rings.